The molecule has 0 N–H and O–H groups in total. The minimum absolute atomic E-state index is 0.377. The molecule has 0 fully saturated rings. The van der Waals surface area contributed by atoms with Gasteiger partial charge in [-0.15, -0.1) is 12.1 Å². The minimum Gasteiger partial charge on any atom is -0.445 e. The molecule has 12 heavy (non-hydrogen) atoms. The van der Waals surface area contributed by atoms with Gasteiger partial charge in [0, 0.05) is 13.2 Å². The second kappa shape index (κ2) is 5.24. The summed E-state index contributed by atoms with van der Waals surface area (Å²) < 4.78 is 40.3. The third-order valence-electron chi connectivity index (χ3n) is 1.39. The Balaban J connectivity index is 3.45. The summed E-state index contributed by atoms with van der Waals surface area (Å²) in [4.78, 5) is 0. The van der Waals surface area contributed by atoms with Gasteiger partial charge >= 0.3 is 6.98 Å². The van der Waals surface area contributed by atoms with E-state index in [9.17, 15) is 12.9 Å². The quantitative estimate of drug-likeness (QED) is 0.452. The third kappa shape index (κ3) is 5.24. The monoisotopic (exact) mass is 181 g/mol. The molecule has 0 saturated carbocycles. The van der Waals surface area contributed by atoms with Crippen molar-refractivity contribution in [3.05, 3.63) is 12.1 Å². The summed E-state index contributed by atoms with van der Waals surface area (Å²) in [7, 11) is 0. The maximum Gasteiger partial charge on any atom is 0.507 e. The van der Waals surface area contributed by atoms with Crippen molar-refractivity contribution in [3.8, 4) is 0 Å². The van der Waals surface area contributed by atoms with Gasteiger partial charge in [0.15, 0.2) is 0 Å². The van der Waals surface area contributed by atoms with Gasteiger partial charge in [-0.05, 0) is 6.42 Å². The van der Waals surface area contributed by atoms with Gasteiger partial charge in [-0.3, -0.25) is 0 Å². The van der Waals surface area contributed by atoms with Gasteiger partial charge in [0.25, 0.3) is 0 Å². The van der Waals surface area contributed by atoms with Crippen LogP contribution in [0.5, 0.6) is 0 Å². The van der Waals surface area contributed by atoms with Crippen molar-refractivity contribution in [2.75, 3.05) is 13.2 Å². The second-order valence-corrected chi connectivity index (χ2v) is 2.64. The van der Waals surface area contributed by atoms with Gasteiger partial charge in [0.2, 0.25) is 0 Å². The van der Waals surface area contributed by atoms with Gasteiger partial charge in [-0.2, -0.15) is 0 Å². The van der Waals surface area contributed by atoms with E-state index in [1.54, 1.807) is 0 Å². The van der Waals surface area contributed by atoms with E-state index in [-0.39, 0.29) is 6.61 Å². The van der Waals surface area contributed by atoms with Crippen LogP contribution in [0.3, 0.4) is 0 Å². The van der Waals surface area contributed by atoms with Crippen LogP contribution >= 0.6 is 0 Å². The maximum absolute atomic E-state index is 11.8. The molecule has 0 saturated heterocycles. The lowest BCUT2D eigenvalue weighted by Gasteiger charge is -2.17. The van der Waals surface area contributed by atoms with Crippen LogP contribution in [0.2, 0.25) is 0 Å². The Morgan fingerprint density at radius 3 is 2.42 bits per heavy atom. The predicted molar refractivity (Wildman–Crippen MR) is 43.9 cm³/mol. The van der Waals surface area contributed by atoms with Crippen molar-refractivity contribution in [2.24, 2.45) is 0 Å². The summed E-state index contributed by atoms with van der Waals surface area (Å²) in [5.74, 6) is 0. The van der Waals surface area contributed by atoms with E-state index in [1.807, 2.05) is 6.92 Å². The normalized spacial score (nSPS) is 11.7. The van der Waals surface area contributed by atoms with E-state index in [0.717, 1.165) is 12.8 Å². The lowest BCUT2D eigenvalue weighted by Crippen LogP contribution is -2.22. The Kier molecular flexibility index (Phi) is 5.05. The van der Waals surface area contributed by atoms with Crippen LogP contribution in [0, 0.1) is 0 Å². The molecule has 0 radical (unpaired) electrons. The van der Waals surface area contributed by atoms with Crippen LogP contribution in [0.25, 0.3) is 0 Å². The summed E-state index contributed by atoms with van der Waals surface area (Å²) in [6.07, 6.45) is 1.71. The fraction of sp³-hybridized carbons (Fsp3) is 0.714. The summed E-state index contributed by atoms with van der Waals surface area (Å²) in [5.41, 5.74) is -0.758. The molecule has 0 heterocycles. The highest BCUT2D eigenvalue weighted by molar-refractivity contribution is 6.66. The van der Waals surface area contributed by atoms with E-state index in [2.05, 4.69) is 6.58 Å². The average molecular weight is 181 g/mol. The van der Waals surface area contributed by atoms with Gasteiger partial charge in [-0.25, -0.2) is 0 Å². The van der Waals surface area contributed by atoms with E-state index in [4.69, 9.17) is 4.74 Å². The van der Waals surface area contributed by atoms with Crippen molar-refractivity contribution >= 4 is 6.98 Å². The molecule has 0 aromatic heterocycles. The van der Waals surface area contributed by atoms with E-state index in [1.165, 1.54) is 0 Å². The first kappa shape index (κ1) is 11.6. The van der Waals surface area contributed by atoms with Crippen LogP contribution in [0.1, 0.15) is 19.8 Å². The third-order valence-corrected chi connectivity index (χ3v) is 1.39. The van der Waals surface area contributed by atoms with E-state index >= 15 is 0 Å². The van der Waals surface area contributed by atoms with Crippen molar-refractivity contribution in [3.63, 3.8) is 0 Å². The zero-order valence-corrected chi connectivity index (χ0v) is 7.16. The number of unbranched alkanes of at least 4 members (excludes halogenated alkanes) is 1. The van der Waals surface area contributed by atoms with Crippen LogP contribution in [0.15, 0.2) is 12.1 Å². The first-order valence-corrected chi connectivity index (χ1v) is 3.93. The van der Waals surface area contributed by atoms with Gasteiger partial charge in [-0.1, -0.05) is 13.3 Å². The fourth-order valence-corrected chi connectivity index (χ4v) is 0.544. The first-order chi connectivity index (χ1) is 5.48. The standard InChI is InChI=1S/C7H13BF3O/c1-3-4-5-12-6-7(2)8(9,10)11/h2-6H2,1H3/q-1. The number of ether oxygens (including phenoxy) is 1. The Morgan fingerprint density at radius 1 is 1.42 bits per heavy atom. The summed E-state index contributed by atoms with van der Waals surface area (Å²) in [5, 5.41) is 0. The van der Waals surface area contributed by atoms with Crippen LogP contribution in [-0.4, -0.2) is 20.2 Å². The minimum atomic E-state index is -4.91. The SMILES string of the molecule is C=C(COCCCC)[B-](F)(F)F. The molecule has 0 atom stereocenters. The molecule has 0 spiro atoms. The molecule has 5 heteroatoms. The molecule has 0 aliphatic heterocycles. The molecule has 72 valence electrons. The highest BCUT2D eigenvalue weighted by atomic mass is 19.4. The second-order valence-electron chi connectivity index (χ2n) is 2.64. The Morgan fingerprint density at radius 2 is 2.00 bits per heavy atom. The molecule has 0 amide bonds. The molecule has 0 aliphatic rings. The fourth-order valence-electron chi connectivity index (χ4n) is 0.544. The largest absolute Gasteiger partial charge is 0.507 e. The number of halogens is 3. The highest BCUT2D eigenvalue weighted by Crippen LogP contribution is 2.17. The van der Waals surface area contributed by atoms with Crippen molar-refractivity contribution in [1.29, 1.82) is 0 Å². The Hall–Kier alpha value is -0.445. The molecular weight excluding hydrogens is 168 g/mol. The smallest absolute Gasteiger partial charge is 0.445 e. The maximum atomic E-state index is 11.8. The molecule has 1 nitrogen and oxygen atoms in total. The van der Waals surface area contributed by atoms with Crippen LogP contribution in [0.4, 0.5) is 12.9 Å². The van der Waals surface area contributed by atoms with Crippen LogP contribution in [-0.2, 0) is 4.74 Å². The van der Waals surface area contributed by atoms with E-state index < -0.39 is 12.4 Å². The average Bonchev–Trinajstić information content (AvgIpc) is 1.96. The molecular formula is C7H13BF3O-. The molecule has 0 aromatic carbocycles. The van der Waals surface area contributed by atoms with Crippen molar-refractivity contribution in [2.45, 2.75) is 19.8 Å². The Bertz CT molecular complexity index is 144. The zero-order chi connectivity index (χ0) is 9.61. The summed E-state index contributed by atoms with van der Waals surface area (Å²) in [6, 6.07) is 0. The highest BCUT2D eigenvalue weighted by Gasteiger charge is 2.26. The molecule has 0 rings (SSSR count). The first-order valence-electron chi connectivity index (χ1n) is 3.93. The van der Waals surface area contributed by atoms with Crippen molar-refractivity contribution in [1.82, 2.24) is 0 Å². The van der Waals surface area contributed by atoms with E-state index in [0.29, 0.717) is 6.61 Å². The van der Waals surface area contributed by atoms with Gasteiger partial charge in [0.1, 0.15) is 0 Å². The molecule has 0 aliphatic carbocycles. The number of hydrogen-bond donors (Lipinski definition) is 0. The number of rotatable bonds is 6. The molecule has 0 aromatic rings. The van der Waals surface area contributed by atoms with Crippen molar-refractivity contribution < 1.29 is 17.7 Å². The molecule has 0 unspecified atom stereocenters. The summed E-state index contributed by atoms with van der Waals surface area (Å²) >= 11 is 0. The number of hydrogen-bond acceptors (Lipinski definition) is 1. The van der Waals surface area contributed by atoms with Gasteiger partial charge in [0.05, 0.1) is 0 Å². The molecule has 0 bridgehead atoms. The summed E-state index contributed by atoms with van der Waals surface area (Å²) in [6.45, 7) is -0.0675. The lowest BCUT2D eigenvalue weighted by atomic mass is 9.81. The van der Waals surface area contributed by atoms with Crippen LogP contribution < -0.4 is 0 Å². The lowest BCUT2D eigenvalue weighted by molar-refractivity contribution is 0.153. The van der Waals surface area contributed by atoms with Gasteiger partial charge < -0.3 is 17.7 Å². The predicted octanol–water partition coefficient (Wildman–Crippen LogP) is 2.75. The Labute approximate surface area is 70.7 Å². The topological polar surface area (TPSA) is 9.23 Å². The zero-order valence-electron chi connectivity index (χ0n) is 7.16.